The maximum absolute atomic E-state index is 15.0. The summed E-state index contributed by atoms with van der Waals surface area (Å²) in [5.41, 5.74) is 1.65. The summed E-state index contributed by atoms with van der Waals surface area (Å²) in [6, 6.07) is 3.83. The van der Waals surface area contributed by atoms with Crippen molar-refractivity contribution < 1.29 is 53.1 Å². The summed E-state index contributed by atoms with van der Waals surface area (Å²) in [5.74, 6) is -6.63. The van der Waals surface area contributed by atoms with Crippen molar-refractivity contribution in [1.82, 2.24) is 9.88 Å². The van der Waals surface area contributed by atoms with Crippen molar-refractivity contribution in [3.63, 3.8) is 0 Å². The van der Waals surface area contributed by atoms with Gasteiger partial charge in [-0.15, -0.1) is 0 Å². The van der Waals surface area contributed by atoms with Gasteiger partial charge in [-0.3, -0.25) is 24.1 Å². The molecule has 1 fully saturated rings. The van der Waals surface area contributed by atoms with Crippen molar-refractivity contribution in [2.45, 2.75) is 106 Å². The number of carbonyl (C=O) groups is 3. The first-order valence-corrected chi connectivity index (χ1v) is 23.5. The lowest BCUT2D eigenvalue weighted by molar-refractivity contribution is -0.160. The van der Waals surface area contributed by atoms with Gasteiger partial charge in [0.15, 0.2) is 22.3 Å². The number of nitrogens with zero attached hydrogens (tertiary/aromatic N) is 3. The molecule has 16 heteroatoms. The van der Waals surface area contributed by atoms with E-state index in [4.69, 9.17) is 28.3 Å². The molecule has 1 amide bonds. The first-order chi connectivity index (χ1) is 32.1. The Labute approximate surface area is 396 Å². The van der Waals surface area contributed by atoms with Crippen LogP contribution in [0.2, 0.25) is 0 Å². The average molecular weight is 939 g/mol. The van der Waals surface area contributed by atoms with Crippen LogP contribution in [0.3, 0.4) is 0 Å². The molecule has 0 spiro atoms. The number of phenolic OH excluding ortho intramolecular Hbond substituents is 1. The third-order valence-electron chi connectivity index (χ3n) is 13.9. The van der Waals surface area contributed by atoms with Crippen LogP contribution in [-0.2, 0) is 23.8 Å². The fourth-order valence-electron chi connectivity index (χ4n) is 9.96. The molecule has 3 aliphatic rings. The number of ketones is 1. The Morgan fingerprint density at radius 2 is 1.65 bits per heavy atom. The first-order valence-electron chi connectivity index (χ1n) is 23.5. The van der Waals surface area contributed by atoms with E-state index in [0.717, 1.165) is 30.9 Å². The van der Waals surface area contributed by atoms with Crippen LogP contribution < -0.4 is 20.4 Å². The molecule has 0 unspecified atom stereocenters. The van der Waals surface area contributed by atoms with Gasteiger partial charge in [0, 0.05) is 93.9 Å². The summed E-state index contributed by atoms with van der Waals surface area (Å²) in [4.78, 5) is 66.0. The quantitative estimate of drug-likeness (QED) is 0.0682. The molecular formula is C52H66N4O12. The molecule has 1 saturated heterocycles. The third kappa shape index (κ3) is 9.35. The number of anilines is 2. The number of aromatic hydroxyl groups is 1. The number of nitrogens with one attached hydrogen (secondary N) is 1. The van der Waals surface area contributed by atoms with E-state index >= 15 is 0 Å². The number of rotatable bonds is 5. The second kappa shape index (κ2) is 19.7. The number of aryl methyl sites for hydroxylation is 1. The van der Waals surface area contributed by atoms with Crippen LogP contribution in [0.5, 0.6) is 11.5 Å². The Balaban J connectivity index is 1.46. The standard InChI is InChI=1S/C52H66N4O12/c1-25(2)24-55-17-19-56(20-18-55)34-22-26(3)23-36-40(34)53-41-37-38-45(60)32(9)48-39(37)50(62)52(11,68-48)65-21-16-35(64-12)29(6)47(66-33(10)57)31(8)44(59)30(7)43(58)27(4)14-13-15-28(5)51(63)54-42(46(38)61)49(41)67-36/h13-16,21-23,25,27,29-31,35,43-44,47,58-59,61H,17-20,24H2,1-12H3,(H,54,63)/b14-13+,21-16+,28-15-/t27-,29+,30+,31+,35-,43-,44+,47+,52-/m0/s1. The van der Waals surface area contributed by atoms with Crippen LogP contribution in [0.15, 0.2) is 57.5 Å². The number of aliphatic hydroxyl groups excluding tert-OH is 2. The van der Waals surface area contributed by atoms with Crippen molar-refractivity contribution in [1.29, 1.82) is 0 Å². The minimum Gasteiger partial charge on any atom is -0.505 e. The monoisotopic (exact) mass is 938 g/mol. The largest absolute Gasteiger partial charge is 0.505 e. The summed E-state index contributed by atoms with van der Waals surface area (Å²) in [6.07, 6.45) is 3.72. The van der Waals surface area contributed by atoms with Gasteiger partial charge in [-0.2, -0.15) is 0 Å². The maximum Gasteiger partial charge on any atom is 0.312 e. The van der Waals surface area contributed by atoms with E-state index in [1.54, 1.807) is 46.8 Å². The number of amides is 1. The van der Waals surface area contributed by atoms with E-state index in [2.05, 4.69) is 29.0 Å². The summed E-state index contributed by atoms with van der Waals surface area (Å²) in [7, 11) is 1.46. The van der Waals surface area contributed by atoms with Gasteiger partial charge in [0.05, 0.1) is 41.2 Å². The number of Topliss-reactive ketones (excluding diaryl/α,β-unsaturated/α-hetero) is 1. The lowest BCUT2D eigenvalue weighted by Crippen LogP contribution is -2.47. The number of aromatic nitrogens is 1. The SMILES string of the molecule is CO[C@H]1/C=C/O[C@@]2(C)Oc3c(C)c(=O)c4c(O)c(c5oc6cc(C)cc(N7CCN(CC(C)C)CC7)c6nc5c4c3C2=O)NC(=O)/C(C)=C\C=C\[C@H](C)[C@H](O)[C@@H](C)[C@@H](O)[C@@H](C)[C@H](OC(C)=O)[C@@H]1C. The molecular weight excluding hydrogens is 873 g/mol. The lowest BCUT2D eigenvalue weighted by atomic mass is 9.78. The number of methoxy groups -OCH3 is 1. The molecule has 0 radical (unpaired) electrons. The molecule has 16 nitrogen and oxygen atoms in total. The fourth-order valence-corrected chi connectivity index (χ4v) is 9.96. The number of hydrogen-bond donors (Lipinski definition) is 4. The van der Waals surface area contributed by atoms with Crippen molar-refractivity contribution in [3.05, 3.63) is 75.2 Å². The number of esters is 1. The third-order valence-corrected chi connectivity index (χ3v) is 13.9. The average Bonchev–Trinajstić information content (AvgIpc) is 3.56. The molecule has 3 aliphatic heterocycles. The van der Waals surface area contributed by atoms with Crippen molar-refractivity contribution in [3.8, 4) is 11.5 Å². The van der Waals surface area contributed by atoms with Crippen LogP contribution >= 0.6 is 0 Å². The number of phenols is 1. The van der Waals surface area contributed by atoms with Crippen molar-refractivity contribution in [2.24, 2.45) is 29.6 Å². The predicted molar refractivity (Wildman–Crippen MR) is 260 cm³/mol. The minimum absolute atomic E-state index is 0.00909. The molecule has 4 bridgehead atoms. The van der Waals surface area contributed by atoms with E-state index in [-0.39, 0.29) is 50.0 Å². The molecule has 0 saturated carbocycles. The Hall–Kier alpha value is -5.81. The molecule has 3 aromatic carbocycles. The highest BCUT2D eigenvalue weighted by Gasteiger charge is 2.50. The van der Waals surface area contributed by atoms with Crippen LogP contribution in [-0.4, -0.2) is 113 Å². The van der Waals surface area contributed by atoms with Crippen molar-refractivity contribution in [2.75, 3.05) is 50.1 Å². The van der Waals surface area contributed by atoms with Crippen molar-refractivity contribution >= 4 is 62.0 Å². The van der Waals surface area contributed by atoms with Gasteiger partial charge in [-0.05, 0) is 50.5 Å². The van der Waals surface area contributed by atoms with E-state index in [1.165, 1.54) is 46.3 Å². The number of hydrogen-bond acceptors (Lipinski definition) is 15. The van der Waals surface area contributed by atoms with Gasteiger partial charge in [-0.25, -0.2) is 4.98 Å². The number of carbonyl (C=O) groups excluding carboxylic acids is 3. The van der Waals surface area contributed by atoms with Gasteiger partial charge < -0.3 is 48.9 Å². The first kappa shape index (κ1) is 50.1. The van der Waals surface area contributed by atoms with E-state index in [0.29, 0.717) is 30.1 Å². The predicted octanol–water partition coefficient (Wildman–Crippen LogP) is 7.08. The second-order valence-electron chi connectivity index (χ2n) is 19.5. The Morgan fingerprint density at radius 3 is 2.29 bits per heavy atom. The number of piperazine rings is 1. The zero-order valence-corrected chi connectivity index (χ0v) is 41.1. The zero-order valence-electron chi connectivity index (χ0n) is 41.1. The summed E-state index contributed by atoms with van der Waals surface area (Å²) >= 11 is 0. The highest BCUT2D eigenvalue weighted by Crippen LogP contribution is 2.49. The summed E-state index contributed by atoms with van der Waals surface area (Å²) < 4.78 is 30.8. The molecule has 0 aliphatic carbocycles. The highest BCUT2D eigenvalue weighted by atomic mass is 16.7. The second-order valence-corrected chi connectivity index (χ2v) is 19.5. The Kier molecular flexibility index (Phi) is 14.5. The molecule has 68 heavy (non-hydrogen) atoms. The molecule has 4 heterocycles. The molecule has 1 aromatic heterocycles. The van der Waals surface area contributed by atoms with Gasteiger partial charge in [0.2, 0.25) is 0 Å². The number of aliphatic hydroxyl groups is 2. The van der Waals surface area contributed by atoms with Crippen LogP contribution in [0.4, 0.5) is 11.4 Å². The number of fused-ring (bicyclic) bond motifs is 2. The minimum atomic E-state index is -2.04. The van der Waals surface area contributed by atoms with Crippen LogP contribution in [0.25, 0.3) is 33.0 Å². The van der Waals surface area contributed by atoms with E-state index in [1.807, 2.05) is 19.1 Å². The number of allylic oxidation sites excluding steroid dienone is 2. The van der Waals surface area contributed by atoms with Gasteiger partial charge >= 0.3 is 11.8 Å². The van der Waals surface area contributed by atoms with Gasteiger partial charge in [0.1, 0.15) is 28.6 Å². The molecule has 7 rings (SSSR count). The molecule has 366 valence electrons. The number of ether oxygens (including phenoxy) is 4. The van der Waals surface area contributed by atoms with E-state index in [9.17, 15) is 34.5 Å². The van der Waals surface area contributed by atoms with Gasteiger partial charge in [-0.1, -0.05) is 59.8 Å². The topological polar surface area (TPSA) is 210 Å². The lowest BCUT2D eigenvalue weighted by Gasteiger charge is -2.38. The van der Waals surface area contributed by atoms with E-state index < -0.39 is 82.7 Å². The normalized spacial score (nSPS) is 29.5. The zero-order chi connectivity index (χ0) is 49.7. The maximum atomic E-state index is 15.0. The Morgan fingerprint density at radius 1 is 0.956 bits per heavy atom. The smallest absolute Gasteiger partial charge is 0.312 e. The molecule has 4 N–H and O–H groups in total. The summed E-state index contributed by atoms with van der Waals surface area (Å²) in [5, 5.41) is 37.8. The highest BCUT2D eigenvalue weighted by molar-refractivity contribution is 6.26. The molecule has 9 atom stereocenters. The van der Waals surface area contributed by atoms with Crippen LogP contribution in [0.1, 0.15) is 83.8 Å². The Bertz CT molecular complexity index is 2790. The van der Waals surface area contributed by atoms with Crippen LogP contribution in [0, 0.1) is 43.4 Å². The van der Waals surface area contributed by atoms with Gasteiger partial charge in [0.25, 0.3) is 11.7 Å². The molecule has 4 aromatic rings. The summed E-state index contributed by atoms with van der Waals surface area (Å²) in [6.45, 7) is 23.1. The number of benzene rings is 3. The fraction of sp³-hybridized carbons (Fsp3) is 0.519.